The standard InChI is InChI=1S/C23H22N6O2S2/c1-15(29-14-24-13-25-29)22(30)27-18-5-7-19(8-6-18)28-23(31)17-3-9-21(10-4-17)33-12-20-11-32-16(2)26-20/h3-11,13-15H,12H2,1-2H3,(H,27,30)(H,28,31). The molecule has 0 saturated heterocycles. The average Bonchev–Trinajstić information content (AvgIpc) is 3.51. The first-order chi connectivity index (χ1) is 16.0. The molecule has 1 unspecified atom stereocenters. The van der Waals surface area contributed by atoms with E-state index in [2.05, 4.69) is 31.1 Å². The Morgan fingerprint density at radius 2 is 1.76 bits per heavy atom. The normalized spacial score (nSPS) is 11.7. The topological polar surface area (TPSA) is 102 Å². The van der Waals surface area contributed by atoms with Crippen molar-refractivity contribution in [3.05, 3.63) is 82.8 Å². The van der Waals surface area contributed by atoms with Crippen molar-refractivity contribution in [2.45, 2.75) is 30.5 Å². The number of anilines is 2. The Kier molecular flexibility index (Phi) is 7.16. The minimum atomic E-state index is -0.487. The van der Waals surface area contributed by atoms with E-state index in [-0.39, 0.29) is 11.8 Å². The first kappa shape index (κ1) is 22.7. The number of carbonyl (C=O) groups excluding carboxylic acids is 2. The second-order valence-corrected chi connectivity index (χ2v) is 9.35. The third kappa shape index (κ3) is 6.05. The third-order valence-corrected chi connectivity index (χ3v) is 6.66. The van der Waals surface area contributed by atoms with Gasteiger partial charge in [-0.25, -0.2) is 14.6 Å². The number of nitrogens with zero attached hydrogens (tertiary/aromatic N) is 4. The molecule has 2 N–H and O–H groups in total. The molecule has 2 aromatic heterocycles. The summed E-state index contributed by atoms with van der Waals surface area (Å²) in [5, 5.41) is 12.8. The van der Waals surface area contributed by atoms with E-state index in [0.717, 1.165) is 21.3 Å². The highest BCUT2D eigenvalue weighted by atomic mass is 32.2. The van der Waals surface area contributed by atoms with Crippen molar-refractivity contribution in [1.29, 1.82) is 0 Å². The molecule has 0 aliphatic heterocycles. The summed E-state index contributed by atoms with van der Waals surface area (Å²) in [6.07, 6.45) is 2.88. The Morgan fingerprint density at radius 3 is 2.36 bits per heavy atom. The van der Waals surface area contributed by atoms with Gasteiger partial charge in [0.25, 0.3) is 5.91 Å². The number of thioether (sulfide) groups is 1. The fourth-order valence-corrected chi connectivity index (χ4v) is 4.47. The van der Waals surface area contributed by atoms with Gasteiger partial charge >= 0.3 is 0 Å². The Labute approximate surface area is 199 Å². The molecule has 8 nitrogen and oxygen atoms in total. The molecule has 168 valence electrons. The minimum absolute atomic E-state index is 0.196. The number of hydrogen-bond donors (Lipinski definition) is 2. The Bertz CT molecular complexity index is 1220. The molecule has 2 amide bonds. The van der Waals surface area contributed by atoms with Gasteiger partial charge in [-0.15, -0.1) is 23.1 Å². The van der Waals surface area contributed by atoms with Crippen molar-refractivity contribution in [1.82, 2.24) is 19.7 Å². The van der Waals surface area contributed by atoms with Crippen LogP contribution >= 0.6 is 23.1 Å². The summed E-state index contributed by atoms with van der Waals surface area (Å²) in [7, 11) is 0. The fourth-order valence-electron chi connectivity index (χ4n) is 2.96. The lowest BCUT2D eigenvalue weighted by molar-refractivity contribution is -0.119. The zero-order valence-electron chi connectivity index (χ0n) is 18.1. The molecule has 0 aliphatic rings. The fraction of sp³-hybridized carbons (Fsp3) is 0.174. The number of amides is 2. The molecular formula is C23H22N6O2S2. The number of aryl methyl sites for hydroxylation is 1. The Hall–Kier alpha value is -3.50. The SMILES string of the molecule is Cc1nc(CSc2ccc(C(=O)Nc3ccc(NC(=O)C(C)n4cncn4)cc3)cc2)cs1. The van der Waals surface area contributed by atoms with Crippen molar-refractivity contribution in [3.63, 3.8) is 0 Å². The van der Waals surface area contributed by atoms with Crippen LogP contribution in [0.2, 0.25) is 0 Å². The molecule has 0 radical (unpaired) electrons. The van der Waals surface area contributed by atoms with Crippen LogP contribution in [-0.4, -0.2) is 31.6 Å². The number of thiazole rings is 1. The quantitative estimate of drug-likeness (QED) is 0.353. The van der Waals surface area contributed by atoms with Crippen LogP contribution in [0.5, 0.6) is 0 Å². The summed E-state index contributed by atoms with van der Waals surface area (Å²) >= 11 is 3.33. The lowest BCUT2D eigenvalue weighted by atomic mass is 10.2. The molecule has 4 rings (SSSR count). The van der Waals surface area contributed by atoms with Crippen LogP contribution in [0, 0.1) is 6.92 Å². The first-order valence-electron chi connectivity index (χ1n) is 10.2. The molecule has 0 saturated carbocycles. The first-order valence-corrected chi connectivity index (χ1v) is 12.0. The van der Waals surface area contributed by atoms with Gasteiger partial charge in [-0.2, -0.15) is 5.10 Å². The third-order valence-electron chi connectivity index (χ3n) is 4.79. The molecule has 1 atom stereocenters. The van der Waals surface area contributed by atoms with Crippen LogP contribution in [0.15, 0.2) is 71.5 Å². The van der Waals surface area contributed by atoms with E-state index in [1.807, 2.05) is 31.2 Å². The van der Waals surface area contributed by atoms with Crippen molar-refractivity contribution in [2.75, 3.05) is 10.6 Å². The summed E-state index contributed by atoms with van der Waals surface area (Å²) in [5.74, 6) is 0.398. The van der Waals surface area contributed by atoms with Gasteiger partial charge in [-0.3, -0.25) is 9.59 Å². The monoisotopic (exact) mass is 478 g/mol. The van der Waals surface area contributed by atoms with Crippen LogP contribution in [0.3, 0.4) is 0 Å². The van der Waals surface area contributed by atoms with E-state index >= 15 is 0 Å². The molecular weight excluding hydrogens is 456 g/mol. The smallest absolute Gasteiger partial charge is 0.255 e. The number of benzene rings is 2. The van der Waals surface area contributed by atoms with Crippen LogP contribution < -0.4 is 10.6 Å². The second-order valence-electron chi connectivity index (χ2n) is 7.24. The summed E-state index contributed by atoms with van der Waals surface area (Å²) in [6, 6.07) is 14.0. The summed E-state index contributed by atoms with van der Waals surface area (Å²) < 4.78 is 1.48. The van der Waals surface area contributed by atoms with E-state index in [1.54, 1.807) is 54.3 Å². The maximum absolute atomic E-state index is 12.6. The molecule has 33 heavy (non-hydrogen) atoms. The Morgan fingerprint density at radius 1 is 1.06 bits per heavy atom. The highest BCUT2D eigenvalue weighted by molar-refractivity contribution is 7.98. The van der Waals surface area contributed by atoms with E-state index < -0.39 is 6.04 Å². The van der Waals surface area contributed by atoms with Crippen LogP contribution in [0.4, 0.5) is 11.4 Å². The van der Waals surface area contributed by atoms with E-state index in [0.29, 0.717) is 16.9 Å². The molecule has 0 fully saturated rings. The number of rotatable bonds is 8. The molecule has 2 aromatic carbocycles. The molecule has 0 spiro atoms. The zero-order chi connectivity index (χ0) is 23.2. The molecule has 2 heterocycles. The van der Waals surface area contributed by atoms with Crippen LogP contribution in [0.25, 0.3) is 0 Å². The van der Waals surface area contributed by atoms with Gasteiger partial charge in [0, 0.05) is 33.0 Å². The molecule has 4 aromatic rings. The maximum atomic E-state index is 12.6. The van der Waals surface area contributed by atoms with Gasteiger partial charge < -0.3 is 10.6 Å². The maximum Gasteiger partial charge on any atom is 0.255 e. The largest absolute Gasteiger partial charge is 0.324 e. The lowest BCUT2D eigenvalue weighted by Gasteiger charge is -2.12. The van der Waals surface area contributed by atoms with Gasteiger partial charge in [0.15, 0.2) is 0 Å². The molecule has 0 bridgehead atoms. The van der Waals surface area contributed by atoms with E-state index in [4.69, 9.17) is 0 Å². The number of aromatic nitrogens is 4. The predicted octanol–water partition coefficient (Wildman–Crippen LogP) is 4.79. The zero-order valence-corrected chi connectivity index (χ0v) is 19.7. The van der Waals surface area contributed by atoms with E-state index in [1.165, 1.54) is 17.3 Å². The van der Waals surface area contributed by atoms with Crippen molar-refractivity contribution in [3.8, 4) is 0 Å². The van der Waals surface area contributed by atoms with Gasteiger partial charge in [-0.1, -0.05) is 0 Å². The molecule has 0 aliphatic carbocycles. The summed E-state index contributed by atoms with van der Waals surface area (Å²) in [6.45, 7) is 3.74. The van der Waals surface area contributed by atoms with E-state index in [9.17, 15) is 9.59 Å². The van der Waals surface area contributed by atoms with Crippen LogP contribution in [-0.2, 0) is 10.5 Å². The number of carbonyl (C=O) groups is 2. The van der Waals surface area contributed by atoms with Gasteiger partial charge in [0.2, 0.25) is 5.91 Å². The Balaban J connectivity index is 1.29. The lowest BCUT2D eigenvalue weighted by Crippen LogP contribution is -2.24. The second kappa shape index (κ2) is 10.4. The predicted molar refractivity (Wildman–Crippen MR) is 131 cm³/mol. The van der Waals surface area contributed by atoms with Gasteiger partial charge in [-0.05, 0) is 62.4 Å². The van der Waals surface area contributed by atoms with Gasteiger partial charge in [0.05, 0.1) is 10.7 Å². The molecule has 10 heteroatoms. The highest BCUT2D eigenvalue weighted by Crippen LogP contribution is 2.24. The summed E-state index contributed by atoms with van der Waals surface area (Å²) in [5.41, 5.74) is 2.90. The summed E-state index contributed by atoms with van der Waals surface area (Å²) in [4.78, 5) is 34.3. The van der Waals surface area contributed by atoms with Gasteiger partial charge in [0.1, 0.15) is 18.7 Å². The van der Waals surface area contributed by atoms with Crippen LogP contribution in [0.1, 0.15) is 34.0 Å². The number of hydrogen-bond acceptors (Lipinski definition) is 7. The van der Waals surface area contributed by atoms with Crippen molar-refractivity contribution >= 4 is 46.3 Å². The van der Waals surface area contributed by atoms with Crippen molar-refractivity contribution < 1.29 is 9.59 Å². The minimum Gasteiger partial charge on any atom is -0.324 e. The highest BCUT2D eigenvalue weighted by Gasteiger charge is 2.15. The average molecular weight is 479 g/mol. The number of nitrogens with one attached hydrogen (secondary N) is 2. The van der Waals surface area contributed by atoms with Crippen molar-refractivity contribution in [2.24, 2.45) is 0 Å².